The number of hydrogen-bond acceptors (Lipinski definition) is 5. The number of anilines is 1. The third-order valence-electron chi connectivity index (χ3n) is 6.77. The highest BCUT2D eigenvalue weighted by molar-refractivity contribution is 6.06. The number of Topliss-reactive ketones (excluding diaryl/α,β-unsaturated/α-hetero) is 2. The first-order valence-corrected chi connectivity index (χ1v) is 12.9. The number of carbonyl (C=O) groups is 4. The Kier molecular flexibility index (Phi) is 8.86. The Bertz CT molecular complexity index is 1530. The molecule has 0 saturated carbocycles. The minimum absolute atomic E-state index is 0.00547. The number of hydrogen-bond donors (Lipinski definition) is 3. The number of nitrogens with one attached hydrogen (secondary N) is 1. The van der Waals surface area contributed by atoms with E-state index in [1.54, 1.807) is 54.6 Å². The molecule has 40 heavy (non-hydrogen) atoms. The van der Waals surface area contributed by atoms with Crippen molar-refractivity contribution >= 4 is 29.1 Å². The fraction of sp³-hybridized carbons (Fsp3) is 0.152. The van der Waals surface area contributed by atoms with Gasteiger partial charge in [0.1, 0.15) is 0 Å². The molecule has 0 fully saturated rings. The van der Waals surface area contributed by atoms with E-state index in [1.807, 2.05) is 49.4 Å². The Morgan fingerprint density at radius 1 is 0.775 bits per heavy atom. The molecule has 0 bridgehead atoms. The van der Waals surface area contributed by atoms with Crippen LogP contribution in [0.15, 0.2) is 97.1 Å². The summed E-state index contributed by atoms with van der Waals surface area (Å²) in [5.41, 5.74) is 11.2. The van der Waals surface area contributed by atoms with E-state index < -0.39 is 17.8 Å². The smallest absolute Gasteiger partial charge is 0.305 e. The second-order valence-corrected chi connectivity index (χ2v) is 9.58. The molecule has 4 N–H and O–H groups in total. The quantitative estimate of drug-likeness (QED) is 0.168. The number of nitrogens with two attached hydrogens (primary N) is 1. The maximum Gasteiger partial charge on any atom is 0.305 e. The first-order valence-electron chi connectivity index (χ1n) is 12.9. The zero-order valence-corrected chi connectivity index (χ0v) is 22.1. The lowest BCUT2D eigenvalue weighted by Crippen LogP contribution is -2.26. The molecule has 7 heteroatoms. The molecule has 0 aliphatic heterocycles. The van der Waals surface area contributed by atoms with Gasteiger partial charge in [0.2, 0.25) is 0 Å². The van der Waals surface area contributed by atoms with Crippen LogP contribution in [0.1, 0.15) is 61.0 Å². The average molecular weight is 535 g/mol. The van der Waals surface area contributed by atoms with Crippen LogP contribution >= 0.6 is 0 Å². The topological polar surface area (TPSA) is 127 Å². The Balaban J connectivity index is 1.60. The standard InChI is InChI=1S/C33H30N2O5/c1-21-19-27(15-16-29(21)34)30(36)20-28(24-9-13-26(14-10-24)33(40)35-18-17-31(37)38)32(39)25-11-7-23(8-12-25)22-5-3-2-4-6-22/h2-16,19,28H,17-18,20,34H2,1H3,(H,35,40)(H,37,38). The second-order valence-electron chi connectivity index (χ2n) is 9.58. The van der Waals surface area contributed by atoms with Crippen LogP contribution in [0.5, 0.6) is 0 Å². The van der Waals surface area contributed by atoms with Crippen molar-refractivity contribution in [1.29, 1.82) is 0 Å². The Hall–Kier alpha value is -5.04. The highest BCUT2D eigenvalue weighted by atomic mass is 16.4. The van der Waals surface area contributed by atoms with Gasteiger partial charge in [0.05, 0.1) is 12.3 Å². The molecule has 1 unspecified atom stereocenters. The monoisotopic (exact) mass is 534 g/mol. The number of rotatable bonds is 11. The van der Waals surface area contributed by atoms with E-state index in [-0.39, 0.29) is 31.0 Å². The lowest BCUT2D eigenvalue weighted by atomic mass is 9.84. The summed E-state index contributed by atoms with van der Waals surface area (Å²) >= 11 is 0. The minimum Gasteiger partial charge on any atom is -0.481 e. The van der Waals surface area contributed by atoms with Gasteiger partial charge in [0.15, 0.2) is 11.6 Å². The van der Waals surface area contributed by atoms with Crippen LogP contribution in [0.4, 0.5) is 5.69 Å². The van der Waals surface area contributed by atoms with Crippen molar-refractivity contribution < 1.29 is 24.3 Å². The summed E-state index contributed by atoms with van der Waals surface area (Å²) in [7, 11) is 0. The summed E-state index contributed by atoms with van der Waals surface area (Å²) in [5.74, 6) is -2.61. The first-order chi connectivity index (χ1) is 19.2. The van der Waals surface area contributed by atoms with Gasteiger partial charge in [0.25, 0.3) is 5.91 Å². The van der Waals surface area contributed by atoms with Crippen molar-refractivity contribution in [2.45, 2.75) is 25.7 Å². The molecule has 202 valence electrons. The second kappa shape index (κ2) is 12.7. The Morgan fingerprint density at radius 2 is 1.38 bits per heavy atom. The van der Waals surface area contributed by atoms with Gasteiger partial charge in [-0.05, 0) is 59.5 Å². The van der Waals surface area contributed by atoms with Gasteiger partial charge < -0.3 is 16.2 Å². The van der Waals surface area contributed by atoms with Gasteiger partial charge in [-0.3, -0.25) is 19.2 Å². The number of carboxylic acid groups (broad SMARTS) is 1. The van der Waals surface area contributed by atoms with Gasteiger partial charge in [0, 0.05) is 35.3 Å². The largest absolute Gasteiger partial charge is 0.481 e. The molecular formula is C33H30N2O5. The van der Waals surface area contributed by atoms with E-state index in [4.69, 9.17) is 10.8 Å². The number of aryl methyl sites for hydroxylation is 1. The molecule has 0 aliphatic rings. The molecule has 4 rings (SSSR count). The fourth-order valence-electron chi connectivity index (χ4n) is 4.42. The van der Waals surface area contributed by atoms with Crippen molar-refractivity contribution in [2.75, 3.05) is 12.3 Å². The van der Waals surface area contributed by atoms with Crippen molar-refractivity contribution in [3.8, 4) is 11.1 Å². The molecular weight excluding hydrogens is 504 g/mol. The summed E-state index contributed by atoms with van der Waals surface area (Å²) < 4.78 is 0. The van der Waals surface area contributed by atoms with Crippen LogP contribution in [-0.2, 0) is 4.79 Å². The van der Waals surface area contributed by atoms with Crippen LogP contribution < -0.4 is 11.1 Å². The van der Waals surface area contributed by atoms with E-state index in [0.29, 0.717) is 27.9 Å². The molecule has 0 radical (unpaired) electrons. The van der Waals surface area contributed by atoms with Gasteiger partial charge in [-0.1, -0.05) is 66.7 Å². The van der Waals surface area contributed by atoms with Gasteiger partial charge in [-0.15, -0.1) is 0 Å². The number of aliphatic carboxylic acids is 1. The lowest BCUT2D eigenvalue weighted by molar-refractivity contribution is -0.136. The molecule has 0 heterocycles. The Labute approximate surface area is 232 Å². The zero-order valence-electron chi connectivity index (χ0n) is 22.1. The van der Waals surface area contributed by atoms with E-state index in [9.17, 15) is 19.2 Å². The predicted molar refractivity (Wildman–Crippen MR) is 155 cm³/mol. The van der Waals surface area contributed by atoms with E-state index in [2.05, 4.69) is 5.32 Å². The molecule has 4 aromatic carbocycles. The van der Waals surface area contributed by atoms with Crippen molar-refractivity contribution in [3.05, 3.63) is 125 Å². The number of carboxylic acids is 1. The molecule has 4 aromatic rings. The molecule has 0 aliphatic carbocycles. The number of carbonyl (C=O) groups excluding carboxylic acids is 3. The van der Waals surface area contributed by atoms with Crippen LogP contribution in [-0.4, -0.2) is 35.1 Å². The summed E-state index contributed by atoms with van der Waals surface area (Å²) in [4.78, 5) is 50.2. The molecule has 1 atom stereocenters. The highest BCUT2D eigenvalue weighted by Gasteiger charge is 2.26. The van der Waals surface area contributed by atoms with Crippen molar-refractivity contribution in [1.82, 2.24) is 5.32 Å². The van der Waals surface area contributed by atoms with Crippen LogP contribution in [0.25, 0.3) is 11.1 Å². The maximum atomic E-state index is 13.8. The van der Waals surface area contributed by atoms with Gasteiger partial charge >= 0.3 is 5.97 Å². The number of nitrogen functional groups attached to an aromatic ring is 1. The van der Waals surface area contributed by atoms with Crippen LogP contribution in [0, 0.1) is 6.92 Å². The predicted octanol–water partition coefficient (Wildman–Crippen LogP) is 5.69. The number of ketones is 2. The Morgan fingerprint density at radius 3 is 2.00 bits per heavy atom. The maximum absolute atomic E-state index is 13.8. The first kappa shape index (κ1) is 28.0. The zero-order chi connectivity index (χ0) is 28.6. The third-order valence-corrected chi connectivity index (χ3v) is 6.77. The van der Waals surface area contributed by atoms with Gasteiger partial charge in [-0.25, -0.2) is 0 Å². The number of amides is 1. The summed E-state index contributed by atoms with van der Waals surface area (Å²) in [6.45, 7) is 1.83. The van der Waals surface area contributed by atoms with Gasteiger partial charge in [-0.2, -0.15) is 0 Å². The summed E-state index contributed by atoms with van der Waals surface area (Å²) in [6, 6.07) is 28.6. The van der Waals surface area contributed by atoms with Crippen molar-refractivity contribution in [3.63, 3.8) is 0 Å². The van der Waals surface area contributed by atoms with E-state index in [1.165, 1.54) is 0 Å². The molecule has 0 aromatic heterocycles. The molecule has 7 nitrogen and oxygen atoms in total. The van der Waals surface area contributed by atoms with E-state index >= 15 is 0 Å². The molecule has 1 amide bonds. The highest BCUT2D eigenvalue weighted by Crippen LogP contribution is 2.29. The number of benzene rings is 4. The van der Waals surface area contributed by atoms with Crippen LogP contribution in [0.2, 0.25) is 0 Å². The minimum atomic E-state index is -1.00. The lowest BCUT2D eigenvalue weighted by Gasteiger charge is -2.17. The summed E-state index contributed by atoms with van der Waals surface area (Å²) in [6.07, 6.45) is -0.247. The molecule has 0 saturated heterocycles. The van der Waals surface area contributed by atoms with Crippen molar-refractivity contribution in [2.24, 2.45) is 0 Å². The van der Waals surface area contributed by atoms with Crippen LogP contribution in [0.3, 0.4) is 0 Å². The normalized spacial score (nSPS) is 11.4. The SMILES string of the molecule is Cc1cc(C(=O)CC(C(=O)c2ccc(-c3ccccc3)cc2)c2ccc(C(=O)NCCC(=O)O)cc2)ccc1N. The molecule has 0 spiro atoms. The summed E-state index contributed by atoms with van der Waals surface area (Å²) in [5, 5.41) is 11.3. The fourth-order valence-corrected chi connectivity index (χ4v) is 4.42. The average Bonchev–Trinajstić information content (AvgIpc) is 2.97. The third kappa shape index (κ3) is 6.88. The van der Waals surface area contributed by atoms with E-state index in [0.717, 1.165) is 16.7 Å².